The van der Waals surface area contributed by atoms with E-state index in [0.717, 1.165) is 82.8 Å². The van der Waals surface area contributed by atoms with Gasteiger partial charge < -0.3 is 14.5 Å². The van der Waals surface area contributed by atoms with E-state index in [1.807, 2.05) is 12.5 Å². The van der Waals surface area contributed by atoms with Gasteiger partial charge in [0, 0.05) is 56.6 Å². The second-order valence-corrected chi connectivity index (χ2v) is 8.59. The number of aryl methyl sites for hydroxylation is 1. The first-order valence-electron chi connectivity index (χ1n) is 10.8. The molecular weight excluding hydrogens is 352 g/mol. The lowest BCUT2D eigenvalue weighted by Gasteiger charge is -2.50. The van der Waals surface area contributed by atoms with Crippen LogP contribution in [0.15, 0.2) is 18.7 Å². The number of amides is 1. The largest absolute Gasteiger partial charge is 0.348 e. The summed E-state index contributed by atoms with van der Waals surface area (Å²) >= 11 is 0. The van der Waals surface area contributed by atoms with E-state index in [2.05, 4.69) is 37.5 Å². The van der Waals surface area contributed by atoms with Gasteiger partial charge >= 0.3 is 0 Å². The summed E-state index contributed by atoms with van der Waals surface area (Å²) in [7, 11) is 0. The maximum absolute atomic E-state index is 13.1. The van der Waals surface area contributed by atoms with Crippen LogP contribution < -0.4 is 0 Å². The van der Waals surface area contributed by atoms with Gasteiger partial charge in [0.05, 0.1) is 24.1 Å². The molecule has 1 N–H and O–H groups in total. The molecular formula is C21H30N6O. The minimum absolute atomic E-state index is 0.220. The van der Waals surface area contributed by atoms with Crippen molar-refractivity contribution in [1.29, 1.82) is 0 Å². The predicted molar refractivity (Wildman–Crippen MR) is 105 cm³/mol. The highest BCUT2D eigenvalue weighted by molar-refractivity contribution is 5.82. The number of nitrogens with zero attached hydrogens (tertiary/aromatic N) is 5. The zero-order valence-electron chi connectivity index (χ0n) is 16.7. The Morgan fingerprint density at radius 2 is 2.07 bits per heavy atom. The quantitative estimate of drug-likeness (QED) is 0.861. The molecule has 1 spiro atoms. The third-order valence-electron chi connectivity index (χ3n) is 6.77. The van der Waals surface area contributed by atoms with Gasteiger partial charge in [-0.2, -0.15) is 0 Å². The van der Waals surface area contributed by atoms with Gasteiger partial charge in [0.2, 0.25) is 5.91 Å². The summed E-state index contributed by atoms with van der Waals surface area (Å²) in [4.78, 5) is 30.4. The normalized spacial score (nSPS) is 21.8. The van der Waals surface area contributed by atoms with Gasteiger partial charge in [-0.1, -0.05) is 6.92 Å². The molecule has 28 heavy (non-hydrogen) atoms. The molecule has 2 fully saturated rings. The smallest absolute Gasteiger partial charge is 0.226 e. The summed E-state index contributed by atoms with van der Waals surface area (Å²) in [6, 6.07) is 0. The lowest BCUT2D eigenvalue weighted by atomic mass is 9.78. The Kier molecular flexibility index (Phi) is 4.50. The molecule has 4 heterocycles. The number of fused-ring (bicyclic) bond motifs is 2. The summed E-state index contributed by atoms with van der Waals surface area (Å²) < 4.78 is 2.26. The Bertz CT molecular complexity index is 843. The van der Waals surface area contributed by atoms with Crippen molar-refractivity contribution in [3.8, 4) is 0 Å². The molecule has 0 bridgehead atoms. The van der Waals surface area contributed by atoms with Crippen molar-refractivity contribution < 1.29 is 4.79 Å². The molecule has 2 aromatic heterocycles. The molecule has 1 saturated carbocycles. The molecule has 1 amide bonds. The van der Waals surface area contributed by atoms with Crippen molar-refractivity contribution in [2.45, 2.75) is 64.1 Å². The summed E-state index contributed by atoms with van der Waals surface area (Å²) in [5, 5.41) is 0. The first-order chi connectivity index (χ1) is 13.7. The maximum Gasteiger partial charge on any atom is 0.226 e. The molecule has 0 aromatic carbocycles. The van der Waals surface area contributed by atoms with E-state index in [1.54, 1.807) is 0 Å². The van der Waals surface area contributed by atoms with Gasteiger partial charge in [-0.05, 0) is 32.1 Å². The molecule has 7 heteroatoms. The molecule has 2 aromatic rings. The van der Waals surface area contributed by atoms with Gasteiger partial charge in [-0.15, -0.1) is 0 Å². The molecule has 2 aliphatic heterocycles. The SMILES string of the molecule is CCCn1ccnc1CN1CCC2(CC1)c1nc[nH]c1CCN2C(=O)C1CC1. The van der Waals surface area contributed by atoms with Gasteiger partial charge in [0.15, 0.2) is 0 Å². The number of aromatic nitrogens is 4. The van der Waals surface area contributed by atoms with E-state index in [-0.39, 0.29) is 11.5 Å². The summed E-state index contributed by atoms with van der Waals surface area (Å²) in [6.45, 7) is 6.87. The van der Waals surface area contributed by atoms with Crippen molar-refractivity contribution in [3.05, 3.63) is 35.9 Å². The molecule has 0 radical (unpaired) electrons. The molecule has 1 saturated heterocycles. The molecule has 0 unspecified atom stereocenters. The third kappa shape index (κ3) is 2.96. The number of carbonyl (C=O) groups excluding carboxylic acids is 1. The number of aromatic amines is 1. The van der Waals surface area contributed by atoms with E-state index >= 15 is 0 Å². The standard InChI is InChI=1S/C21H30N6O/c1-2-9-26-13-8-22-18(26)14-25-11-6-21(7-12-25)19-17(23-15-24-19)5-10-27(21)20(28)16-3-4-16/h8,13,15-16H,2-7,9-12,14H2,1H3,(H,23,24). The highest BCUT2D eigenvalue weighted by Crippen LogP contribution is 2.45. The van der Waals surface area contributed by atoms with E-state index in [4.69, 9.17) is 4.98 Å². The molecule has 5 rings (SSSR count). The topological polar surface area (TPSA) is 70.1 Å². The number of piperidine rings is 1. The van der Waals surface area contributed by atoms with Crippen LogP contribution in [0, 0.1) is 5.92 Å². The van der Waals surface area contributed by atoms with E-state index in [0.29, 0.717) is 5.91 Å². The second kappa shape index (κ2) is 7.03. The van der Waals surface area contributed by atoms with Crippen LogP contribution >= 0.6 is 0 Å². The fraction of sp³-hybridized carbons (Fsp3) is 0.667. The first-order valence-corrected chi connectivity index (χ1v) is 10.8. The Morgan fingerprint density at radius 3 is 2.82 bits per heavy atom. The monoisotopic (exact) mass is 382 g/mol. The van der Waals surface area contributed by atoms with Gasteiger partial charge in [-0.25, -0.2) is 9.97 Å². The highest BCUT2D eigenvalue weighted by Gasteiger charge is 2.50. The number of carbonyl (C=O) groups is 1. The minimum Gasteiger partial charge on any atom is -0.348 e. The fourth-order valence-electron chi connectivity index (χ4n) is 5.07. The third-order valence-corrected chi connectivity index (χ3v) is 6.77. The average molecular weight is 383 g/mol. The average Bonchev–Trinajstić information content (AvgIpc) is 3.29. The number of rotatable bonds is 5. The Labute approximate surface area is 166 Å². The van der Waals surface area contributed by atoms with Crippen molar-refractivity contribution in [2.24, 2.45) is 5.92 Å². The Balaban J connectivity index is 1.35. The fourth-order valence-corrected chi connectivity index (χ4v) is 5.07. The summed E-state index contributed by atoms with van der Waals surface area (Å²) in [6.07, 6.45) is 11.8. The molecule has 150 valence electrons. The second-order valence-electron chi connectivity index (χ2n) is 8.59. The van der Waals surface area contributed by atoms with Crippen LogP contribution in [-0.4, -0.2) is 54.9 Å². The molecule has 3 aliphatic rings. The van der Waals surface area contributed by atoms with E-state index in [1.165, 1.54) is 5.69 Å². The van der Waals surface area contributed by atoms with Gasteiger partial charge in [-0.3, -0.25) is 9.69 Å². The van der Waals surface area contributed by atoms with Crippen molar-refractivity contribution in [3.63, 3.8) is 0 Å². The molecule has 7 nitrogen and oxygen atoms in total. The number of H-pyrrole nitrogens is 1. The van der Waals surface area contributed by atoms with Gasteiger partial charge in [0.25, 0.3) is 0 Å². The lowest BCUT2D eigenvalue weighted by Crippen LogP contribution is -2.58. The van der Waals surface area contributed by atoms with Crippen LogP contribution in [0.5, 0.6) is 0 Å². The summed E-state index contributed by atoms with van der Waals surface area (Å²) in [5.74, 6) is 1.77. The lowest BCUT2D eigenvalue weighted by molar-refractivity contribution is -0.143. The number of imidazole rings is 2. The molecule has 0 atom stereocenters. The molecule has 1 aliphatic carbocycles. The van der Waals surface area contributed by atoms with Crippen molar-refractivity contribution >= 4 is 5.91 Å². The maximum atomic E-state index is 13.1. The van der Waals surface area contributed by atoms with Crippen molar-refractivity contribution in [1.82, 2.24) is 29.3 Å². The van der Waals surface area contributed by atoms with E-state index < -0.39 is 0 Å². The number of likely N-dealkylation sites (tertiary alicyclic amines) is 1. The number of nitrogens with one attached hydrogen (secondary N) is 1. The predicted octanol–water partition coefficient (Wildman–Crippen LogP) is 2.30. The van der Waals surface area contributed by atoms with Crippen LogP contribution in [0.25, 0.3) is 0 Å². The zero-order chi connectivity index (χ0) is 19.1. The highest BCUT2D eigenvalue weighted by atomic mass is 16.2. The first kappa shape index (κ1) is 17.9. The minimum atomic E-state index is -0.220. The van der Waals surface area contributed by atoms with Crippen LogP contribution in [0.3, 0.4) is 0 Å². The zero-order valence-corrected chi connectivity index (χ0v) is 16.7. The van der Waals surface area contributed by atoms with E-state index in [9.17, 15) is 4.79 Å². The Hall–Kier alpha value is -2.15. The number of hydrogen-bond donors (Lipinski definition) is 1. The number of hydrogen-bond acceptors (Lipinski definition) is 4. The van der Waals surface area contributed by atoms with Crippen LogP contribution in [-0.2, 0) is 29.8 Å². The van der Waals surface area contributed by atoms with Crippen LogP contribution in [0.2, 0.25) is 0 Å². The van der Waals surface area contributed by atoms with Crippen molar-refractivity contribution in [2.75, 3.05) is 19.6 Å². The van der Waals surface area contributed by atoms with Crippen LogP contribution in [0.1, 0.15) is 56.2 Å². The summed E-state index contributed by atoms with van der Waals surface area (Å²) in [5.41, 5.74) is 2.13. The Morgan fingerprint density at radius 1 is 1.25 bits per heavy atom. The van der Waals surface area contributed by atoms with Crippen LogP contribution in [0.4, 0.5) is 0 Å². The van der Waals surface area contributed by atoms with Gasteiger partial charge in [0.1, 0.15) is 5.82 Å².